The maximum absolute atomic E-state index is 12.9. The fourth-order valence-electron chi connectivity index (χ4n) is 11.4. The number of carboxylic acid groups (broad SMARTS) is 2. The van der Waals surface area contributed by atoms with E-state index >= 15 is 0 Å². The van der Waals surface area contributed by atoms with Gasteiger partial charge in [0, 0.05) is 36.6 Å². The molecular weight excluding hydrogens is 1170 g/mol. The van der Waals surface area contributed by atoms with Crippen molar-refractivity contribution in [3.05, 3.63) is 71.8 Å². The van der Waals surface area contributed by atoms with E-state index in [2.05, 4.69) is 42.0 Å². The first-order valence-corrected chi connectivity index (χ1v) is 29.4. The second-order valence-electron chi connectivity index (χ2n) is 23.4. The Morgan fingerprint density at radius 3 is 0.987 bits per heavy atom. The molecule has 0 amide bonds. The largest absolute Gasteiger partial charge is 1.00 e. The monoisotopic (exact) mass is 1270 g/mol. The Hall–Kier alpha value is 0.393. The van der Waals surface area contributed by atoms with Crippen molar-refractivity contribution in [2.24, 2.45) is 11.8 Å². The summed E-state index contributed by atoms with van der Waals surface area (Å²) in [6.45, 7) is 8.10. The summed E-state index contributed by atoms with van der Waals surface area (Å²) < 4.78 is 13.3. The van der Waals surface area contributed by atoms with Gasteiger partial charge in [0.1, 0.15) is 13.1 Å². The Kier molecular flexibility index (Phi) is 46.2. The summed E-state index contributed by atoms with van der Waals surface area (Å²) in [5.74, 6) is -2.81. The summed E-state index contributed by atoms with van der Waals surface area (Å²) in [5, 5.41) is 42.9. The predicted octanol–water partition coefficient (Wildman–Crippen LogP) is -1.76. The molecule has 4 fully saturated rings. The molecule has 4 unspecified atom stereocenters. The number of benzene rings is 2. The molecule has 2 saturated heterocycles. The number of ether oxygens (including phenoxy) is 2. The van der Waals surface area contributed by atoms with Crippen molar-refractivity contribution in [3.63, 3.8) is 0 Å². The molecule has 0 aromatic heterocycles. The SMILES string of the molecule is CCCCCCCCCCCC(=O)[O-].CCCCCCCCCCCC(=O)[O-].C[N+]1(C)CCC(OC(=O)C(O)(c2ccccc2)C2CCCC2)C1.C[N+]1(C)CCC(OC(=O)C(O)(c2ccccc2)C2CCCC2)C1.[Br-].[Br-].[K+].[K+]. The molecule has 6 rings (SSSR count). The van der Waals surface area contributed by atoms with Crippen LogP contribution in [0.1, 0.15) is 218 Å². The van der Waals surface area contributed by atoms with E-state index in [1.165, 1.54) is 89.9 Å². The Balaban J connectivity index is 0. The van der Waals surface area contributed by atoms with E-state index in [4.69, 9.17) is 9.47 Å². The van der Waals surface area contributed by atoms with E-state index in [1.54, 1.807) is 0 Å². The van der Waals surface area contributed by atoms with Crippen LogP contribution in [0.4, 0.5) is 0 Å². The van der Waals surface area contributed by atoms with E-state index in [0.29, 0.717) is 11.1 Å². The second kappa shape index (κ2) is 44.8. The summed E-state index contributed by atoms with van der Waals surface area (Å²) in [6.07, 6.45) is 31.7. The number of quaternary nitrogens is 2. The van der Waals surface area contributed by atoms with Gasteiger partial charge in [0.25, 0.3) is 0 Å². The summed E-state index contributed by atoms with van der Waals surface area (Å²) in [6, 6.07) is 18.7. The molecule has 0 spiro atoms. The third-order valence-corrected chi connectivity index (χ3v) is 16.0. The van der Waals surface area contributed by atoms with Crippen molar-refractivity contribution in [3.8, 4) is 0 Å². The normalized spacial score (nSPS) is 19.5. The number of likely N-dealkylation sites (N-methyl/N-ethyl adjacent to an activating group) is 2. The van der Waals surface area contributed by atoms with Crippen molar-refractivity contribution in [1.29, 1.82) is 0 Å². The number of hydrogen-bond acceptors (Lipinski definition) is 10. The summed E-state index contributed by atoms with van der Waals surface area (Å²) in [5.41, 5.74) is -1.66. The first-order chi connectivity index (χ1) is 35.4. The average molecular weight is 1270 g/mol. The number of likely N-dealkylation sites (tertiary alicyclic amines) is 2. The molecule has 16 heteroatoms. The molecule has 2 aromatic rings. The Morgan fingerprint density at radius 2 is 0.744 bits per heavy atom. The van der Waals surface area contributed by atoms with Crippen LogP contribution in [0.3, 0.4) is 0 Å². The van der Waals surface area contributed by atoms with E-state index in [1.807, 2.05) is 60.7 Å². The third kappa shape index (κ3) is 31.0. The molecule has 2 aliphatic heterocycles. The summed E-state index contributed by atoms with van der Waals surface area (Å²) >= 11 is 0. The van der Waals surface area contributed by atoms with Crippen LogP contribution < -0.4 is 147 Å². The zero-order chi connectivity index (χ0) is 54.3. The number of carboxylic acids is 2. The van der Waals surface area contributed by atoms with E-state index in [-0.39, 0.29) is 174 Å². The zero-order valence-electron chi connectivity index (χ0n) is 49.9. The smallest absolute Gasteiger partial charge is 1.00 e. The minimum absolute atomic E-state index is 0. The van der Waals surface area contributed by atoms with Crippen LogP contribution in [0.5, 0.6) is 0 Å². The van der Waals surface area contributed by atoms with Crippen LogP contribution in [0.2, 0.25) is 0 Å². The maximum atomic E-state index is 12.9. The zero-order valence-corrected chi connectivity index (χ0v) is 59.4. The van der Waals surface area contributed by atoms with Gasteiger partial charge in [-0.1, -0.05) is 203 Å². The number of aliphatic carboxylic acids is 2. The number of carbonyl (C=O) groups excluding carboxylic acids is 4. The van der Waals surface area contributed by atoms with E-state index in [9.17, 15) is 39.6 Å². The maximum Gasteiger partial charge on any atom is 1.00 e. The van der Waals surface area contributed by atoms with Crippen LogP contribution in [-0.4, -0.2) is 110 Å². The van der Waals surface area contributed by atoms with Crippen molar-refractivity contribution in [1.82, 2.24) is 0 Å². The molecule has 2 heterocycles. The van der Waals surface area contributed by atoms with Gasteiger partial charge in [0.05, 0.1) is 41.3 Å². The van der Waals surface area contributed by atoms with Crippen molar-refractivity contribution in [2.75, 3.05) is 54.4 Å². The molecule has 12 nitrogen and oxygen atoms in total. The third-order valence-electron chi connectivity index (χ3n) is 16.0. The van der Waals surface area contributed by atoms with Crippen LogP contribution in [0.25, 0.3) is 0 Å². The molecule has 436 valence electrons. The molecule has 2 aliphatic carbocycles. The van der Waals surface area contributed by atoms with Crippen molar-refractivity contribution >= 4 is 23.9 Å². The fraction of sp³-hybridized carbons (Fsp3) is 0.742. The first-order valence-electron chi connectivity index (χ1n) is 29.4. The number of hydrogen-bond donors (Lipinski definition) is 2. The van der Waals surface area contributed by atoms with Crippen molar-refractivity contribution < 1.29 is 195 Å². The number of unbranched alkanes of at least 4 members (excludes halogenated alkanes) is 16. The second-order valence-corrected chi connectivity index (χ2v) is 23.4. The van der Waals surface area contributed by atoms with Gasteiger partial charge in [0.15, 0.2) is 23.4 Å². The average Bonchev–Trinajstić information content (AvgIpc) is 4.23. The molecule has 0 radical (unpaired) electrons. The summed E-state index contributed by atoms with van der Waals surface area (Å²) in [7, 11) is 8.59. The molecule has 0 bridgehead atoms. The number of halogens is 2. The molecule has 4 aliphatic rings. The van der Waals surface area contributed by atoms with Gasteiger partial charge in [0.2, 0.25) is 0 Å². The number of rotatable bonds is 28. The minimum Gasteiger partial charge on any atom is -1.00 e. The topological polar surface area (TPSA) is 173 Å². The van der Waals surface area contributed by atoms with E-state index in [0.717, 1.165) is 125 Å². The van der Waals surface area contributed by atoms with Crippen LogP contribution in [0.15, 0.2) is 60.7 Å². The van der Waals surface area contributed by atoms with Crippen molar-refractivity contribution in [2.45, 2.75) is 230 Å². The number of nitrogens with zero attached hydrogens (tertiary/aromatic N) is 2. The molecule has 2 saturated carbocycles. The number of carbonyl (C=O) groups is 4. The standard InChI is InChI=1S/2C19H28NO3.2C12H24O2.2BrH.2K/c2*1-20(2)13-12-17(14-20)23-18(21)19(22,16-10-6-7-11-16)15-8-4-3-5-9-15;2*1-2-3-4-5-6-7-8-9-10-11-12(13)14;;;;/h2*3-5,8-9,16-17,22H,6-7,10-14H2,1-2H3;2*2-11H2,1H3,(H,13,14);2*1H;;/q2*+1;;;;;2*+1/p-4. The van der Waals surface area contributed by atoms with Gasteiger partial charge in [-0.3, -0.25) is 0 Å². The fourth-order valence-corrected chi connectivity index (χ4v) is 11.4. The van der Waals surface area contributed by atoms with Gasteiger partial charge >= 0.3 is 115 Å². The van der Waals surface area contributed by atoms with Gasteiger partial charge in [-0.15, -0.1) is 0 Å². The Morgan fingerprint density at radius 1 is 0.474 bits per heavy atom. The molecule has 78 heavy (non-hydrogen) atoms. The molecule has 4 atom stereocenters. The van der Waals surface area contributed by atoms with E-state index < -0.39 is 35.1 Å². The molecule has 2 aromatic carbocycles. The van der Waals surface area contributed by atoms with Crippen LogP contribution in [0, 0.1) is 11.8 Å². The number of esters is 2. The molecule has 2 N–H and O–H groups in total. The van der Waals surface area contributed by atoms with Crippen LogP contribution >= 0.6 is 0 Å². The first kappa shape index (κ1) is 80.5. The quantitative estimate of drug-likeness (QED) is 0.0431. The Labute approximate surface area is 579 Å². The van der Waals surface area contributed by atoms with Gasteiger partial charge in [-0.05, 0) is 62.5 Å². The van der Waals surface area contributed by atoms with Gasteiger partial charge in [-0.2, -0.15) is 0 Å². The predicted molar refractivity (Wildman–Crippen MR) is 291 cm³/mol. The van der Waals surface area contributed by atoms with Crippen LogP contribution in [-0.2, 0) is 39.9 Å². The minimum atomic E-state index is -1.50. The van der Waals surface area contributed by atoms with Gasteiger partial charge < -0.3 is 82.4 Å². The number of aliphatic hydroxyl groups is 2. The molecular formula is C62H102Br2K2N2O10. The van der Waals surface area contributed by atoms with Gasteiger partial charge in [-0.25, -0.2) is 9.59 Å². The summed E-state index contributed by atoms with van der Waals surface area (Å²) in [4.78, 5) is 46.1. The Bertz CT molecular complexity index is 1740.